The second-order valence-corrected chi connectivity index (χ2v) is 8.56. The minimum Gasteiger partial charge on any atom is -0.456 e. The number of carbonyl (C=O) groups is 2. The molecule has 0 radical (unpaired) electrons. The highest BCUT2D eigenvalue weighted by atomic mass is 32.1. The summed E-state index contributed by atoms with van der Waals surface area (Å²) in [5, 5.41) is 6.52. The zero-order valence-corrected chi connectivity index (χ0v) is 19.5. The van der Waals surface area contributed by atoms with Gasteiger partial charge in [-0.2, -0.15) is 5.10 Å². The number of benzene rings is 2. The van der Waals surface area contributed by atoms with Crippen LogP contribution in [0.25, 0.3) is 0 Å². The van der Waals surface area contributed by atoms with Gasteiger partial charge in [0.25, 0.3) is 0 Å². The van der Waals surface area contributed by atoms with Gasteiger partial charge in [0, 0.05) is 24.7 Å². The van der Waals surface area contributed by atoms with E-state index in [2.05, 4.69) is 10.1 Å². The number of amides is 1. The van der Waals surface area contributed by atoms with Gasteiger partial charge in [-0.25, -0.2) is 9.78 Å². The van der Waals surface area contributed by atoms with Crippen LogP contribution < -0.4 is 4.90 Å². The molecule has 0 atom stereocenters. The van der Waals surface area contributed by atoms with Crippen molar-refractivity contribution in [3.8, 4) is 0 Å². The fourth-order valence-electron chi connectivity index (χ4n) is 3.31. The molecule has 4 aromatic rings. The molecule has 0 aliphatic carbocycles. The summed E-state index contributed by atoms with van der Waals surface area (Å²) in [5.74, 6) is -0.556. The molecule has 0 fully saturated rings. The first-order chi connectivity index (χ1) is 15.9. The second-order valence-electron chi connectivity index (χ2n) is 7.72. The lowest BCUT2D eigenvalue weighted by atomic mass is 10.1. The minimum atomic E-state index is -0.423. The van der Waals surface area contributed by atoms with E-state index < -0.39 is 5.97 Å². The van der Waals surface area contributed by atoms with Crippen molar-refractivity contribution in [2.45, 2.75) is 33.9 Å². The Morgan fingerprint density at radius 2 is 1.88 bits per heavy atom. The van der Waals surface area contributed by atoms with E-state index in [-0.39, 0.29) is 12.5 Å². The van der Waals surface area contributed by atoms with Gasteiger partial charge in [0.1, 0.15) is 6.61 Å². The van der Waals surface area contributed by atoms with Gasteiger partial charge in [-0.05, 0) is 60.9 Å². The van der Waals surface area contributed by atoms with Gasteiger partial charge < -0.3 is 4.74 Å². The van der Waals surface area contributed by atoms with Crippen LogP contribution in [-0.2, 0) is 22.7 Å². The molecular formula is C25H24N4O3S. The third-order valence-corrected chi connectivity index (χ3v) is 6.11. The van der Waals surface area contributed by atoms with E-state index in [0.717, 1.165) is 22.4 Å². The Morgan fingerprint density at radius 1 is 1.09 bits per heavy atom. The highest BCUT2D eigenvalue weighted by Gasteiger charge is 2.19. The summed E-state index contributed by atoms with van der Waals surface area (Å²) in [6.45, 7) is 6.21. The molecule has 2 aromatic heterocycles. The average molecular weight is 461 g/mol. The standard InChI is InChI=1S/C25H24N4O3S/c1-17-5-10-23(13-18(17)2)29(19(3)30)25-27-22(16-33-25)15-32-24(31)21-8-6-20(7-9-21)14-28-12-4-11-26-28/h4-13,16H,14-15H2,1-3H3. The number of anilines is 2. The molecule has 0 saturated heterocycles. The molecule has 1 amide bonds. The molecule has 2 aromatic carbocycles. The molecule has 0 aliphatic heterocycles. The van der Waals surface area contributed by atoms with Crippen molar-refractivity contribution >= 4 is 34.0 Å². The third-order valence-electron chi connectivity index (χ3n) is 5.24. The third kappa shape index (κ3) is 5.35. The number of rotatable bonds is 7. The summed E-state index contributed by atoms with van der Waals surface area (Å²) in [4.78, 5) is 30.9. The maximum absolute atomic E-state index is 12.5. The zero-order chi connectivity index (χ0) is 23.4. The number of thiazole rings is 1. The smallest absolute Gasteiger partial charge is 0.338 e. The average Bonchev–Trinajstić information content (AvgIpc) is 3.47. The van der Waals surface area contributed by atoms with Crippen LogP contribution in [0.5, 0.6) is 0 Å². The monoisotopic (exact) mass is 460 g/mol. The molecule has 0 N–H and O–H groups in total. The van der Waals surface area contributed by atoms with Crippen LogP contribution in [0, 0.1) is 13.8 Å². The predicted octanol–water partition coefficient (Wildman–Crippen LogP) is 5.05. The first kappa shape index (κ1) is 22.4. The second kappa shape index (κ2) is 9.79. The van der Waals surface area contributed by atoms with E-state index in [4.69, 9.17) is 4.74 Å². The molecule has 0 aliphatic rings. The van der Waals surface area contributed by atoms with E-state index in [1.165, 1.54) is 18.3 Å². The van der Waals surface area contributed by atoms with Crippen LogP contribution in [0.3, 0.4) is 0 Å². The van der Waals surface area contributed by atoms with E-state index >= 15 is 0 Å². The number of hydrogen-bond acceptors (Lipinski definition) is 6. The fourth-order valence-corrected chi connectivity index (χ4v) is 4.18. The molecule has 4 rings (SSSR count). The molecule has 8 heteroatoms. The Kier molecular flexibility index (Phi) is 6.65. The summed E-state index contributed by atoms with van der Waals surface area (Å²) in [5.41, 5.74) is 5.11. The van der Waals surface area contributed by atoms with Crippen molar-refractivity contribution < 1.29 is 14.3 Å². The number of nitrogens with zero attached hydrogens (tertiary/aromatic N) is 4. The number of esters is 1. The van der Waals surface area contributed by atoms with Crippen LogP contribution in [0.1, 0.15) is 39.7 Å². The number of aromatic nitrogens is 3. The first-order valence-electron chi connectivity index (χ1n) is 10.5. The van der Waals surface area contributed by atoms with Crippen LogP contribution in [0.15, 0.2) is 66.3 Å². The highest BCUT2D eigenvalue weighted by Crippen LogP contribution is 2.30. The lowest BCUT2D eigenvalue weighted by molar-refractivity contribution is -0.115. The Labute approximate surface area is 196 Å². The SMILES string of the molecule is CC(=O)N(c1ccc(C)c(C)c1)c1nc(COC(=O)c2ccc(Cn3cccn3)cc2)cs1. The normalized spacial score (nSPS) is 10.8. The van der Waals surface area contributed by atoms with Gasteiger partial charge in [-0.15, -0.1) is 11.3 Å². The number of ether oxygens (including phenoxy) is 1. The first-order valence-corrected chi connectivity index (χ1v) is 11.3. The summed E-state index contributed by atoms with van der Waals surface area (Å²) in [6.07, 6.45) is 3.62. The Balaban J connectivity index is 1.40. The van der Waals surface area contributed by atoms with Crippen molar-refractivity contribution in [1.29, 1.82) is 0 Å². The maximum Gasteiger partial charge on any atom is 0.338 e. The lowest BCUT2D eigenvalue weighted by Gasteiger charge is -2.19. The molecule has 0 bridgehead atoms. The van der Waals surface area contributed by atoms with Gasteiger partial charge in [0.15, 0.2) is 5.13 Å². The quantitative estimate of drug-likeness (QED) is 0.361. The Hall–Kier alpha value is -3.78. The van der Waals surface area contributed by atoms with Gasteiger partial charge in [0.2, 0.25) is 5.91 Å². The fraction of sp³-hybridized carbons (Fsp3) is 0.200. The maximum atomic E-state index is 12.5. The van der Waals surface area contributed by atoms with E-state index in [9.17, 15) is 9.59 Å². The minimum absolute atomic E-state index is 0.0308. The van der Waals surface area contributed by atoms with Gasteiger partial charge in [-0.1, -0.05) is 18.2 Å². The predicted molar refractivity (Wildman–Crippen MR) is 128 cm³/mol. The molecule has 0 unspecified atom stereocenters. The van der Waals surface area contributed by atoms with Crippen LogP contribution in [-0.4, -0.2) is 26.6 Å². The molecule has 0 saturated carbocycles. The Morgan fingerprint density at radius 3 is 2.55 bits per heavy atom. The molecule has 0 spiro atoms. The molecule has 2 heterocycles. The number of aryl methyl sites for hydroxylation is 2. The lowest BCUT2D eigenvalue weighted by Crippen LogP contribution is -2.22. The largest absolute Gasteiger partial charge is 0.456 e. The molecule has 7 nitrogen and oxygen atoms in total. The highest BCUT2D eigenvalue weighted by molar-refractivity contribution is 7.14. The van der Waals surface area contributed by atoms with Gasteiger partial charge >= 0.3 is 5.97 Å². The van der Waals surface area contributed by atoms with E-state index in [1.54, 1.807) is 28.6 Å². The molecule has 33 heavy (non-hydrogen) atoms. The van der Waals surface area contributed by atoms with Gasteiger partial charge in [-0.3, -0.25) is 14.4 Å². The van der Waals surface area contributed by atoms with Crippen LogP contribution in [0.2, 0.25) is 0 Å². The zero-order valence-electron chi connectivity index (χ0n) is 18.7. The summed E-state index contributed by atoms with van der Waals surface area (Å²) in [7, 11) is 0. The topological polar surface area (TPSA) is 77.3 Å². The number of hydrogen-bond donors (Lipinski definition) is 0. The van der Waals surface area contributed by atoms with Crippen molar-refractivity contribution in [2.75, 3.05) is 4.90 Å². The van der Waals surface area contributed by atoms with Crippen molar-refractivity contribution in [3.63, 3.8) is 0 Å². The van der Waals surface area contributed by atoms with Crippen molar-refractivity contribution in [2.24, 2.45) is 0 Å². The summed E-state index contributed by atoms with van der Waals surface area (Å²) < 4.78 is 7.25. The number of carbonyl (C=O) groups excluding carboxylic acids is 2. The summed E-state index contributed by atoms with van der Waals surface area (Å²) in [6, 6.07) is 15.0. The molecule has 168 valence electrons. The van der Waals surface area contributed by atoms with Crippen LogP contribution >= 0.6 is 11.3 Å². The van der Waals surface area contributed by atoms with E-state index in [1.807, 2.05) is 61.1 Å². The summed E-state index contributed by atoms with van der Waals surface area (Å²) >= 11 is 1.34. The van der Waals surface area contributed by atoms with Crippen LogP contribution in [0.4, 0.5) is 10.8 Å². The Bertz CT molecular complexity index is 1260. The van der Waals surface area contributed by atoms with Crippen molar-refractivity contribution in [1.82, 2.24) is 14.8 Å². The van der Waals surface area contributed by atoms with Crippen molar-refractivity contribution in [3.05, 3.63) is 94.3 Å². The van der Waals surface area contributed by atoms with E-state index in [0.29, 0.717) is 22.9 Å². The van der Waals surface area contributed by atoms with Gasteiger partial charge in [0.05, 0.1) is 23.5 Å². The molecular weight excluding hydrogens is 436 g/mol.